The van der Waals surface area contributed by atoms with Gasteiger partial charge < -0.3 is 50.2 Å². The van der Waals surface area contributed by atoms with Crippen molar-refractivity contribution in [1.29, 1.82) is 0 Å². The fourth-order valence-electron chi connectivity index (χ4n) is 8.68. The number of esters is 1. The number of aliphatic hydroxyl groups is 2. The highest BCUT2D eigenvalue weighted by Gasteiger charge is 2.42. The maximum absolute atomic E-state index is 13.9. The Kier molecular flexibility index (Phi) is 16.8. The number of likely N-dealkylation sites (tertiary alicyclic amines) is 1. The Labute approximate surface area is 390 Å². The molecular weight excluding hydrogens is 851 g/mol. The molecule has 1 aromatic heterocycles. The largest absolute Gasteiger partial charge is 0.506 e. The average molecular weight is 912 g/mol. The molecule has 6 N–H and O–H groups in total. The minimum atomic E-state index is -2.11. The molecule has 5 aromatic rings. The van der Waals surface area contributed by atoms with E-state index in [1.807, 2.05) is 25.1 Å². The van der Waals surface area contributed by atoms with Crippen LogP contribution in [0.5, 0.6) is 11.5 Å². The quantitative estimate of drug-likeness (QED) is 0.0409. The van der Waals surface area contributed by atoms with Gasteiger partial charge in [0.1, 0.15) is 11.5 Å². The number of hydrogen-bond acceptors (Lipinski definition) is 11. The summed E-state index contributed by atoms with van der Waals surface area (Å²) < 4.78 is 11.8. The molecule has 1 saturated heterocycles. The van der Waals surface area contributed by atoms with Crippen LogP contribution in [-0.2, 0) is 26.3 Å². The van der Waals surface area contributed by atoms with E-state index in [-0.39, 0.29) is 73.0 Å². The van der Waals surface area contributed by atoms with Crippen molar-refractivity contribution >= 4 is 28.7 Å². The lowest BCUT2D eigenvalue weighted by molar-refractivity contribution is -0.164. The number of benzene rings is 4. The van der Waals surface area contributed by atoms with Crippen LogP contribution in [0.25, 0.3) is 10.9 Å². The van der Waals surface area contributed by atoms with Crippen molar-refractivity contribution in [2.24, 2.45) is 11.8 Å². The molecule has 2 aliphatic rings. The monoisotopic (exact) mass is 911 g/mol. The molecule has 0 saturated carbocycles. The zero-order valence-corrected chi connectivity index (χ0v) is 37.9. The number of likely N-dealkylation sites (N-methyl/N-ethyl adjacent to an activating group) is 1. The molecule has 4 aromatic carbocycles. The highest BCUT2D eigenvalue weighted by molar-refractivity contribution is 5.94. The lowest BCUT2D eigenvalue weighted by Gasteiger charge is -2.34. The van der Waals surface area contributed by atoms with Crippen LogP contribution in [0.4, 0.5) is 0 Å². The molecule has 0 radical (unpaired) electrons. The lowest BCUT2D eigenvalue weighted by Crippen LogP contribution is -2.41. The second kappa shape index (κ2) is 23.2. The number of aromatic amines is 1. The molecule has 3 atom stereocenters. The van der Waals surface area contributed by atoms with Gasteiger partial charge in [0, 0.05) is 55.3 Å². The third-order valence-electron chi connectivity index (χ3n) is 12.6. The van der Waals surface area contributed by atoms with Gasteiger partial charge in [-0.2, -0.15) is 0 Å². The van der Waals surface area contributed by atoms with Gasteiger partial charge in [-0.25, -0.2) is 4.79 Å². The van der Waals surface area contributed by atoms with Gasteiger partial charge in [0.05, 0.1) is 18.2 Å². The van der Waals surface area contributed by atoms with E-state index in [9.17, 15) is 34.5 Å². The minimum absolute atomic E-state index is 0.0662. The number of fused-ring (bicyclic) bond motifs is 1. The maximum Gasteiger partial charge on any atom is 0.347 e. The molecule has 14 nitrogen and oxygen atoms in total. The average Bonchev–Trinajstić information content (AvgIpc) is 3.36. The zero-order valence-electron chi connectivity index (χ0n) is 37.9. The number of phenols is 1. The van der Waals surface area contributed by atoms with Gasteiger partial charge in [0.2, 0.25) is 11.2 Å². The summed E-state index contributed by atoms with van der Waals surface area (Å²) in [5.74, 6) is -0.393. The molecule has 1 fully saturated rings. The van der Waals surface area contributed by atoms with Crippen LogP contribution in [0.3, 0.4) is 0 Å². The Morgan fingerprint density at radius 1 is 0.925 bits per heavy atom. The first kappa shape index (κ1) is 48.4. The number of nitrogens with zero attached hydrogens (tertiary/aromatic N) is 2. The van der Waals surface area contributed by atoms with E-state index in [1.54, 1.807) is 77.7 Å². The number of piperidine rings is 1. The Bertz CT molecular complexity index is 2570. The summed E-state index contributed by atoms with van der Waals surface area (Å²) >= 11 is 0. The van der Waals surface area contributed by atoms with Gasteiger partial charge >= 0.3 is 5.97 Å². The molecule has 7 rings (SSSR count). The smallest absolute Gasteiger partial charge is 0.347 e. The van der Waals surface area contributed by atoms with E-state index < -0.39 is 17.7 Å². The molecule has 2 heterocycles. The number of hydrogen-bond donors (Lipinski definition) is 6. The predicted molar refractivity (Wildman–Crippen MR) is 257 cm³/mol. The van der Waals surface area contributed by atoms with Crippen molar-refractivity contribution in [2.75, 3.05) is 65.6 Å². The van der Waals surface area contributed by atoms with Crippen molar-refractivity contribution < 1.29 is 39.2 Å². The van der Waals surface area contributed by atoms with Crippen molar-refractivity contribution in [2.45, 2.75) is 44.3 Å². The van der Waals surface area contributed by atoms with Crippen LogP contribution in [0, 0.1) is 11.8 Å². The molecule has 14 heteroatoms. The zero-order chi connectivity index (χ0) is 47.2. The number of aromatic hydroxyl groups is 1. The standard InChI is InChI=1S/C53H61N5O9/c1-2-58(31-28-55-51(63)40-18-16-37(17-19-40)24-27-54-33-47(60)44-20-22-46(59)50-45(44)21-23-48(61)56-50)49(62)36-66-43-15-9-14-42(32-43)53(65,41-12-7-4-8-13-41)52(64)67-35-39-25-29-57(30-26-39)34-38-10-5-3-6-11-38/h3-10,12-23,32,38-39,47,54,59-60,65H,2,11,24-31,33-36H2,1H3,(H,55,63)(H,56,61)/t38?,47-,53-/m0/s1. The Hall–Kier alpha value is -6.58. The number of pyridine rings is 1. The fourth-order valence-corrected chi connectivity index (χ4v) is 8.68. The number of amides is 2. The number of phenolic OH excluding ortho intramolecular Hbond substituents is 1. The van der Waals surface area contributed by atoms with Crippen molar-refractivity contribution in [3.63, 3.8) is 0 Å². The van der Waals surface area contributed by atoms with Gasteiger partial charge in [-0.05, 0) is 117 Å². The number of nitrogens with one attached hydrogen (secondary N) is 3. The lowest BCUT2D eigenvalue weighted by atomic mass is 9.86. The van der Waals surface area contributed by atoms with Crippen LogP contribution in [0.1, 0.15) is 64.9 Å². The summed E-state index contributed by atoms with van der Waals surface area (Å²) in [5, 5.41) is 39.8. The summed E-state index contributed by atoms with van der Waals surface area (Å²) in [6, 6.07) is 28.5. The van der Waals surface area contributed by atoms with Crippen molar-refractivity contribution in [3.8, 4) is 11.5 Å². The number of ether oxygens (including phenoxy) is 2. The van der Waals surface area contributed by atoms with Crippen LogP contribution in [-0.4, -0.2) is 113 Å². The predicted octanol–water partition coefficient (Wildman–Crippen LogP) is 5.38. The van der Waals surface area contributed by atoms with Crippen LogP contribution in [0.2, 0.25) is 0 Å². The molecule has 1 unspecified atom stereocenters. The number of aromatic nitrogens is 1. The SMILES string of the molecule is CCN(CCNC(=O)c1ccc(CCNC[C@H](O)c2ccc(O)c3[nH]c(=O)ccc23)cc1)C(=O)COc1cccc([C@](O)(C(=O)OCC2CCN(CC3C=CC=CC3)CC2)c2ccccc2)c1. The molecule has 0 bridgehead atoms. The van der Waals surface area contributed by atoms with Crippen molar-refractivity contribution in [3.05, 3.63) is 166 Å². The third-order valence-corrected chi connectivity index (χ3v) is 12.6. The summed E-state index contributed by atoms with van der Waals surface area (Å²) in [7, 11) is 0. The number of carbonyl (C=O) groups is 3. The molecule has 1 aliphatic carbocycles. The van der Waals surface area contributed by atoms with E-state index in [0.29, 0.717) is 53.3 Å². The highest BCUT2D eigenvalue weighted by atomic mass is 16.5. The Morgan fingerprint density at radius 2 is 1.70 bits per heavy atom. The molecule has 0 spiro atoms. The van der Waals surface area contributed by atoms with E-state index in [2.05, 4.69) is 44.8 Å². The van der Waals surface area contributed by atoms with Crippen LogP contribution >= 0.6 is 0 Å². The first-order valence-corrected chi connectivity index (χ1v) is 23.1. The summed E-state index contributed by atoms with van der Waals surface area (Å²) in [6.45, 7) is 6.32. The van der Waals surface area contributed by atoms with Crippen LogP contribution < -0.4 is 20.9 Å². The molecule has 67 heavy (non-hydrogen) atoms. The van der Waals surface area contributed by atoms with Gasteiger partial charge in [-0.1, -0.05) is 85.0 Å². The number of H-pyrrole nitrogens is 1. The molecule has 352 valence electrons. The first-order valence-electron chi connectivity index (χ1n) is 23.1. The van der Waals surface area contributed by atoms with Gasteiger partial charge in [0.25, 0.3) is 11.8 Å². The fraction of sp³-hybridized carbons (Fsp3) is 0.358. The van der Waals surface area contributed by atoms with Gasteiger partial charge in [-0.3, -0.25) is 14.4 Å². The van der Waals surface area contributed by atoms with Gasteiger partial charge in [-0.15, -0.1) is 0 Å². The second-order valence-corrected chi connectivity index (χ2v) is 17.2. The molecule has 1 aliphatic heterocycles. The van der Waals surface area contributed by atoms with E-state index in [1.165, 1.54) is 12.1 Å². The Morgan fingerprint density at radius 3 is 2.45 bits per heavy atom. The number of rotatable bonds is 21. The summed E-state index contributed by atoms with van der Waals surface area (Å²) in [5.41, 5.74) is 0.497. The Balaban J connectivity index is 0.847. The van der Waals surface area contributed by atoms with E-state index >= 15 is 0 Å². The minimum Gasteiger partial charge on any atom is -0.506 e. The normalized spacial score (nSPS) is 16.6. The molecule has 2 amide bonds. The first-order chi connectivity index (χ1) is 32.5. The number of allylic oxidation sites excluding steroid dienone is 3. The van der Waals surface area contributed by atoms with E-state index in [0.717, 1.165) is 44.5 Å². The molecular formula is C53H61N5O9. The second-order valence-electron chi connectivity index (χ2n) is 17.2. The summed E-state index contributed by atoms with van der Waals surface area (Å²) in [4.78, 5) is 58.6. The van der Waals surface area contributed by atoms with E-state index in [4.69, 9.17) is 9.47 Å². The number of carbonyl (C=O) groups excluding carboxylic acids is 3. The summed E-state index contributed by atoms with van der Waals surface area (Å²) in [6.07, 6.45) is 11.3. The van der Waals surface area contributed by atoms with Crippen LogP contribution in [0.15, 0.2) is 132 Å². The third kappa shape index (κ3) is 12.7. The maximum atomic E-state index is 13.9. The van der Waals surface area contributed by atoms with Gasteiger partial charge in [0.15, 0.2) is 6.61 Å². The number of aliphatic hydroxyl groups excluding tert-OH is 1. The van der Waals surface area contributed by atoms with Crippen molar-refractivity contribution in [1.82, 2.24) is 25.4 Å². The highest BCUT2D eigenvalue weighted by Crippen LogP contribution is 2.34. The topological polar surface area (TPSA) is 194 Å².